The van der Waals surface area contributed by atoms with Crippen LogP contribution in [0.5, 0.6) is 0 Å². The predicted molar refractivity (Wildman–Crippen MR) is 87.8 cm³/mol. The van der Waals surface area contributed by atoms with Gasteiger partial charge in [-0.15, -0.1) is 11.8 Å². The summed E-state index contributed by atoms with van der Waals surface area (Å²) in [7, 11) is 0. The molecule has 2 rings (SSSR count). The highest BCUT2D eigenvalue weighted by molar-refractivity contribution is 7.99. The minimum Gasteiger partial charge on any atom is -0.300 e. The van der Waals surface area contributed by atoms with Gasteiger partial charge in [-0.05, 0) is 30.6 Å². The molecule has 1 N–H and O–H groups in total. The van der Waals surface area contributed by atoms with E-state index in [4.69, 9.17) is 0 Å². The molecule has 0 fully saturated rings. The van der Waals surface area contributed by atoms with E-state index in [0.717, 1.165) is 22.6 Å². The van der Waals surface area contributed by atoms with Gasteiger partial charge in [0.1, 0.15) is 11.6 Å². The van der Waals surface area contributed by atoms with Gasteiger partial charge in [0.05, 0.1) is 5.69 Å². The molecule has 0 saturated heterocycles. The summed E-state index contributed by atoms with van der Waals surface area (Å²) in [6, 6.07) is 9.76. The molecule has 1 heterocycles. The largest absolute Gasteiger partial charge is 0.300 e. The zero-order chi connectivity index (χ0) is 15.2. The second-order valence-electron chi connectivity index (χ2n) is 4.29. The first-order valence-electron chi connectivity index (χ1n) is 6.51. The van der Waals surface area contributed by atoms with Crippen molar-refractivity contribution in [1.82, 2.24) is 9.97 Å². The zero-order valence-electron chi connectivity index (χ0n) is 11.8. The molecule has 0 bridgehead atoms. The Hall–Kier alpha value is -1.71. The lowest BCUT2D eigenvalue weighted by Gasteiger charge is -2.07. The second-order valence-corrected chi connectivity index (χ2v) is 6.25. The Bertz CT molecular complexity index is 734. The Balaban J connectivity index is 2.53. The fourth-order valence-electron chi connectivity index (χ4n) is 1.81. The Morgan fingerprint density at radius 1 is 1.43 bits per heavy atom. The highest BCUT2D eigenvalue weighted by Crippen LogP contribution is 2.26. The number of rotatable bonds is 5. The molecule has 0 aliphatic heterocycles. The Morgan fingerprint density at radius 2 is 2.24 bits per heavy atom. The Labute approximate surface area is 132 Å². The lowest BCUT2D eigenvalue weighted by atomic mass is 10.1. The average Bonchev–Trinajstić information content (AvgIpc) is 2.52. The van der Waals surface area contributed by atoms with Gasteiger partial charge in [-0.25, -0.2) is 4.98 Å². The summed E-state index contributed by atoms with van der Waals surface area (Å²) < 4.78 is 0. The van der Waals surface area contributed by atoms with Crippen LogP contribution in [0.25, 0.3) is 11.3 Å². The molecule has 1 aromatic carbocycles. The van der Waals surface area contributed by atoms with Crippen molar-refractivity contribution in [2.24, 2.45) is 0 Å². The van der Waals surface area contributed by atoms with Crippen LogP contribution in [-0.4, -0.2) is 22.0 Å². The van der Waals surface area contributed by atoms with Crippen molar-refractivity contribution in [2.75, 3.05) is 12.0 Å². The van der Waals surface area contributed by atoms with Crippen LogP contribution in [0.3, 0.4) is 0 Å². The second kappa shape index (κ2) is 7.34. The highest BCUT2D eigenvalue weighted by Gasteiger charge is 2.13. The normalized spacial score (nSPS) is 10.3. The van der Waals surface area contributed by atoms with Gasteiger partial charge in [0.15, 0.2) is 5.16 Å². The van der Waals surface area contributed by atoms with E-state index in [2.05, 4.69) is 16.9 Å². The molecular formula is C15H15N3OS2. The number of benzene rings is 1. The van der Waals surface area contributed by atoms with Gasteiger partial charge in [0, 0.05) is 10.5 Å². The maximum Gasteiger partial charge on any atom is 0.270 e. The van der Waals surface area contributed by atoms with Crippen molar-refractivity contribution >= 4 is 23.5 Å². The van der Waals surface area contributed by atoms with Crippen molar-refractivity contribution in [2.45, 2.75) is 23.4 Å². The monoisotopic (exact) mass is 317 g/mol. The van der Waals surface area contributed by atoms with Gasteiger partial charge in [-0.2, -0.15) is 5.26 Å². The summed E-state index contributed by atoms with van der Waals surface area (Å²) >= 11 is 3.10. The fraction of sp³-hybridized carbons (Fsp3) is 0.267. The number of aromatic nitrogens is 2. The van der Waals surface area contributed by atoms with Crippen LogP contribution in [0.1, 0.15) is 18.9 Å². The van der Waals surface area contributed by atoms with Crippen LogP contribution in [0.2, 0.25) is 0 Å². The van der Waals surface area contributed by atoms with E-state index in [1.165, 1.54) is 11.8 Å². The number of hydrogen-bond acceptors (Lipinski definition) is 5. The van der Waals surface area contributed by atoms with Crippen molar-refractivity contribution < 1.29 is 0 Å². The summed E-state index contributed by atoms with van der Waals surface area (Å²) in [6.07, 6.45) is 2.93. The first-order chi connectivity index (χ1) is 10.2. The molecule has 21 heavy (non-hydrogen) atoms. The average molecular weight is 317 g/mol. The number of H-pyrrole nitrogens is 1. The lowest BCUT2D eigenvalue weighted by molar-refractivity contribution is 0.937. The van der Waals surface area contributed by atoms with Gasteiger partial charge in [-0.1, -0.05) is 30.8 Å². The van der Waals surface area contributed by atoms with E-state index in [0.29, 0.717) is 10.9 Å². The quantitative estimate of drug-likeness (QED) is 0.675. The van der Waals surface area contributed by atoms with Crippen LogP contribution in [0, 0.1) is 11.3 Å². The molecule has 0 saturated carbocycles. The number of thioether (sulfide) groups is 2. The van der Waals surface area contributed by atoms with Gasteiger partial charge >= 0.3 is 0 Å². The molecule has 0 aliphatic carbocycles. The summed E-state index contributed by atoms with van der Waals surface area (Å²) in [6.45, 7) is 2.13. The van der Waals surface area contributed by atoms with Crippen LogP contribution >= 0.6 is 23.5 Å². The topological polar surface area (TPSA) is 69.5 Å². The van der Waals surface area contributed by atoms with E-state index >= 15 is 0 Å². The van der Waals surface area contributed by atoms with Crippen LogP contribution in [0.4, 0.5) is 0 Å². The van der Waals surface area contributed by atoms with Crippen LogP contribution in [0.15, 0.2) is 39.1 Å². The Morgan fingerprint density at radius 3 is 2.90 bits per heavy atom. The van der Waals surface area contributed by atoms with E-state index in [1.54, 1.807) is 11.8 Å². The lowest BCUT2D eigenvalue weighted by Crippen LogP contribution is -2.14. The molecule has 0 spiro atoms. The molecule has 1 aromatic heterocycles. The first-order valence-corrected chi connectivity index (χ1v) is 8.72. The third kappa shape index (κ3) is 3.69. The van der Waals surface area contributed by atoms with Crippen LogP contribution < -0.4 is 5.56 Å². The predicted octanol–water partition coefficient (Wildman–Crippen LogP) is 3.53. The smallest absolute Gasteiger partial charge is 0.270 e. The molecule has 108 valence electrons. The maximum atomic E-state index is 11.9. The van der Waals surface area contributed by atoms with E-state index in [1.807, 2.05) is 36.6 Å². The molecule has 0 atom stereocenters. The molecule has 0 unspecified atom stereocenters. The van der Waals surface area contributed by atoms with E-state index in [-0.39, 0.29) is 5.56 Å². The summed E-state index contributed by atoms with van der Waals surface area (Å²) in [4.78, 5) is 20.1. The third-order valence-electron chi connectivity index (χ3n) is 2.78. The molecule has 0 radical (unpaired) electrons. The standard InChI is InChI=1S/C15H15N3OS2/c1-3-7-21-11-6-4-5-10(8-11)13-12(9-16)14(19)18-15(17-13)20-2/h4-6,8H,3,7H2,1-2H3,(H,17,18,19). The van der Waals surface area contributed by atoms with Gasteiger partial charge in [0.25, 0.3) is 5.56 Å². The van der Waals surface area contributed by atoms with Gasteiger partial charge < -0.3 is 4.98 Å². The maximum absolute atomic E-state index is 11.9. The minimum absolute atomic E-state index is 0.0606. The van der Waals surface area contributed by atoms with Crippen molar-refractivity contribution in [3.8, 4) is 17.3 Å². The minimum atomic E-state index is -0.390. The number of nitrogens with zero attached hydrogens (tertiary/aromatic N) is 2. The molecule has 6 heteroatoms. The van der Waals surface area contributed by atoms with Gasteiger partial charge in [-0.3, -0.25) is 4.79 Å². The summed E-state index contributed by atoms with van der Waals surface area (Å²) in [5.74, 6) is 1.04. The number of hydrogen-bond donors (Lipinski definition) is 1. The van der Waals surface area contributed by atoms with E-state index < -0.39 is 5.56 Å². The highest BCUT2D eigenvalue weighted by atomic mass is 32.2. The number of nitrogens with one attached hydrogen (secondary N) is 1. The third-order valence-corrected chi connectivity index (χ3v) is 4.56. The first kappa shape index (κ1) is 15.7. The van der Waals surface area contributed by atoms with Gasteiger partial charge in [0.2, 0.25) is 0 Å². The Kier molecular flexibility index (Phi) is 5.48. The van der Waals surface area contributed by atoms with Crippen molar-refractivity contribution in [3.63, 3.8) is 0 Å². The van der Waals surface area contributed by atoms with Crippen molar-refractivity contribution in [3.05, 3.63) is 40.2 Å². The molecular weight excluding hydrogens is 302 g/mol. The SMILES string of the molecule is CCCSc1cccc(-c2nc(SC)[nH]c(=O)c2C#N)c1. The number of aromatic amines is 1. The fourth-order valence-corrected chi connectivity index (χ4v) is 3.02. The summed E-state index contributed by atoms with van der Waals surface area (Å²) in [5.41, 5.74) is 0.919. The van der Waals surface area contributed by atoms with Crippen LogP contribution in [-0.2, 0) is 0 Å². The molecule has 0 amide bonds. The molecule has 2 aromatic rings. The molecule has 0 aliphatic rings. The van der Waals surface area contributed by atoms with E-state index in [9.17, 15) is 10.1 Å². The molecule has 4 nitrogen and oxygen atoms in total. The number of nitriles is 1. The van der Waals surface area contributed by atoms with Crippen molar-refractivity contribution in [1.29, 1.82) is 5.26 Å². The zero-order valence-corrected chi connectivity index (χ0v) is 13.5. The summed E-state index contributed by atoms with van der Waals surface area (Å²) in [5, 5.41) is 9.73.